The normalized spacial score (nSPS) is 12.5. The van der Waals surface area contributed by atoms with Gasteiger partial charge in [-0.05, 0) is 186 Å². The number of alkyl halides is 1. The molecule has 3 aliphatic rings. The molecule has 0 aliphatic heterocycles. The number of thiol groups is 1. The molecule has 16 rings (SSSR count). The molecule has 596 valence electrons. The number of aryl methyl sites for hydroxylation is 3. The van der Waals surface area contributed by atoms with E-state index < -0.39 is 46.8 Å². The number of aromatic nitrogens is 9. The van der Waals surface area contributed by atoms with Crippen molar-refractivity contribution in [1.29, 1.82) is 0 Å². The summed E-state index contributed by atoms with van der Waals surface area (Å²) in [5.74, 6) is -4.52. The Balaban J connectivity index is 0.000000176. The molecule has 6 N–H and O–H groups in total. The van der Waals surface area contributed by atoms with Gasteiger partial charge in [0.25, 0.3) is 0 Å². The smallest absolute Gasteiger partial charge is 0.870 e. The average Bonchev–Trinajstić information content (AvgIpc) is 1.57. The van der Waals surface area contributed by atoms with Crippen molar-refractivity contribution in [3.8, 4) is 11.4 Å². The van der Waals surface area contributed by atoms with Crippen LogP contribution in [0.2, 0.25) is 25.1 Å². The topological polar surface area (TPSA) is 231 Å². The number of hydrogen-bond donors (Lipinski definition) is 4. The third kappa shape index (κ3) is 22.2. The Labute approximate surface area is 722 Å². The molecule has 34 heteroatoms. The minimum atomic E-state index is -0.780. The first-order valence-corrected chi connectivity index (χ1v) is 39.7. The molecule has 17 nitrogen and oxygen atoms in total. The van der Waals surface area contributed by atoms with E-state index in [0.717, 1.165) is 87.4 Å². The molecular formula is C80H74BrCl6F7N11NaO6S2. The molecule has 6 aromatic heterocycles. The fourth-order valence-electron chi connectivity index (χ4n) is 11.5. The predicted octanol–water partition coefficient (Wildman–Crippen LogP) is 20.7. The van der Waals surface area contributed by atoms with Crippen LogP contribution in [-0.4, -0.2) is 85.8 Å². The van der Waals surface area contributed by atoms with Gasteiger partial charge in [0, 0.05) is 97.6 Å². The zero-order valence-corrected chi connectivity index (χ0v) is 71.9. The van der Waals surface area contributed by atoms with Gasteiger partial charge in [-0.25, -0.2) is 40.3 Å². The third-order valence-electron chi connectivity index (χ3n) is 17.6. The van der Waals surface area contributed by atoms with E-state index in [9.17, 15) is 36.3 Å². The summed E-state index contributed by atoms with van der Waals surface area (Å²) in [4.78, 5) is 38.7. The first-order valence-electron chi connectivity index (χ1n) is 35.2. The number of halogens is 14. The molecule has 3 aliphatic carbocycles. The number of nitrogens with zero attached hydrogens (tertiary/aromatic N) is 8. The predicted molar refractivity (Wildman–Crippen MR) is 439 cm³/mol. The van der Waals surface area contributed by atoms with Gasteiger partial charge in [0.15, 0.2) is 46.5 Å². The van der Waals surface area contributed by atoms with Crippen molar-refractivity contribution in [2.45, 2.75) is 125 Å². The molecular weight excluding hydrogens is 1720 g/mol. The number of nitrogen functional groups attached to an aromatic ring is 2. The number of H-pyrrole nitrogens is 1. The Morgan fingerprint density at radius 3 is 1.58 bits per heavy atom. The molecule has 0 amide bonds. The minimum absolute atomic E-state index is 0. The number of Topliss-reactive ketones (excluding diaryl/α,β-unsaturated/α-hetero) is 1. The number of ether oxygens (including phenoxy) is 2. The molecule has 0 spiro atoms. The first-order chi connectivity index (χ1) is 53.7. The Morgan fingerprint density at radius 2 is 1.05 bits per heavy atom. The fraction of sp³-hybridized carbons (Fsp3) is 0.250. The Kier molecular flexibility index (Phi) is 33.8. The van der Waals surface area contributed by atoms with Crippen molar-refractivity contribution in [3.63, 3.8) is 0 Å². The quantitative estimate of drug-likeness (QED) is 0.0135. The van der Waals surface area contributed by atoms with Gasteiger partial charge in [-0.15, -0.1) is 24.2 Å². The third-order valence-corrected chi connectivity index (χ3v) is 21.2. The van der Waals surface area contributed by atoms with Gasteiger partial charge in [-0.2, -0.15) is 15.3 Å². The van der Waals surface area contributed by atoms with Crippen molar-refractivity contribution in [1.82, 2.24) is 43.5 Å². The van der Waals surface area contributed by atoms with Gasteiger partial charge in [0.05, 0.1) is 118 Å². The van der Waals surface area contributed by atoms with E-state index in [2.05, 4.69) is 66.6 Å². The second kappa shape index (κ2) is 42.0. The van der Waals surface area contributed by atoms with E-state index in [1.807, 2.05) is 69.1 Å². The van der Waals surface area contributed by atoms with Gasteiger partial charge >= 0.3 is 41.5 Å². The van der Waals surface area contributed by atoms with Gasteiger partial charge < -0.3 is 40.5 Å². The molecule has 7 aromatic carbocycles. The zero-order valence-electron chi connectivity index (χ0n) is 62.0. The standard InChI is InChI=1S/C25H22ClF2N3O2S.C16H15ClFN3.C11H9ClFN.C9H9FO2S.C8H6Cl2FNO.C6H5ClFN.C5H7BrN2.Na.H2O/c1-3-30-13-15(12-29-30)31-22(14-8-9-14)24(17-10-11-18(26)21(28)23(17)31)34-19-7-5-6-16(20(19)27)25(32)33-4-2;1-2-20-9-12(8-19-20)21-14(10-3-4-10)7-11-5-6-13(17)15(18)16(11)21;12-8-4-3-7-5-9(6-1-2-6)14-11(7)10(8)13;1-2-12-9(11)6-4-3-5-7(13)8(6)10;9-3-6(13)4-1-2-5(10)7(11)8(4)12;7-4-2-1-3-5(9)6(4)8;1-2-8-4-5(6)3-7-8;;/h5-7,10-14H,3-4,8-9H2,1-2H3;5-10H,2-4H2,1H3;3-6,14H,1-2H2;3-5,13H,2H2,1H3;1-2H,3,12H2;1-3H,9H2;3-4H,2H2,1H3;;1H2/q;;;;;;;+1;/p-1. The van der Waals surface area contributed by atoms with E-state index in [1.165, 1.54) is 73.1 Å². The number of aromatic amines is 1. The summed E-state index contributed by atoms with van der Waals surface area (Å²) in [6.45, 7) is 12.2. The second-order valence-corrected chi connectivity index (χ2v) is 30.1. The molecule has 0 saturated heterocycles. The summed E-state index contributed by atoms with van der Waals surface area (Å²) in [6.07, 6.45) is 17.7. The number of carbonyl (C=O) groups excluding carboxylic acids is 3. The number of hydrogen-bond acceptors (Lipinski definition) is 13. The molecule has 6 heterocycles. The van der Waals surface area contributed by atoms with Crippen LogP contribution >= 0.6 is 110 Å². The fourth-order valence-corrected chi connectivity index (χ4v) is 14.2. The van der Waals surface area contributed by atoms with E-state index >= 15 is 8.78 Å². The Hall–Kier alpha value is -7.61. The summed E-state index contributed by atoms with van der Waals surface area (Å²) in [7, 11) is 0. The molecule has 0 bridgehead atoms. The van der Waals surface area contributed by atoms with Gasteiger partial charge in [-0.3, -0.25) is 18.8 Å². The maximum Gasteiger partial charge on any atom is 1.00 e. The van der Waals surface area contributed by atoms with Gasteiger partial charge in [0.1, 0.15) is 0 Å². The number of ketones is 1. The van der Waals surface area contributed by atoms with Crippen molar-refractivity contribution in [2.24, 2.45) is 0 Å². The molecule has 114 heavy (non-hydrogen) atoms. The van der Waals surface area contributed by atoms with Gasteiger partial charge in [0.2, 0.25) is 0 Å². The van der Waals surface area contributed by atoms with Crippen LogP contribution in [0.5, 0.6) is 0 Å². The summed E-state index contributed by atoms with van der Waals surface area (Å²) >= 11 is 42.3. The Morgan fingerprint density at radius 1 is 0.553 bits per heavy atom. The van der Waals surface area contributed by atoms with Crippen molar-refractivity contribution < 1.29 is 89.6 Å². The molecule has 0 atom stereocenters. The number of rotatable bonds is 16. The van der Waals surface area contributed by atoms with Crippen LogP contribution in [0.15, 0.2) is 172 Å². The summed E-state index contributed by atoms with van der Waals surface area (Å²) in [5.41, 5.74) is 16.4. The monoisotopic (exact) mass is 1790 g/mol. The number of nitrogens with one attached hydrogen (secondary N) is 1. The zero-order chi connectivity index (χ0) is 80.9. The van der Waals surface area contributed by atoms with Crippen molar-refractivity contribution >= 4 is 172 Å². The van der Waals surface area contributed by atoms with Crippen LogP contribution in [-0.2, 0) is 29.1 Å². The van der Waals surface area contributed by atoms with Crippen molar-refractivity contribution in [2.75, 3.05) is 30.6 Å². The molecule has 3 saturated carbocycles. The van der Waals surface area contributed by atoms with Crippen LogP contribution in [0.25, 0.3) is 44.1 Å². The van der Waals surface area contributed by atoms with E-state index in [0.29, 0.717) is 40.3 Å². The van der Waals surface area contributed by atoms with Crippen molar-refractivity contribution in [3.05, 3.63) is 257 Å². The van der Waals surface area contributed by atoms with Crippen LogP contribution in [0.3, 0.4) is 0 Å². The SMILES string of the molecule is CCOC(=O)c1cccc(S)c1F.CCOC(=O)c1cccc(Sc2c(C3CC3)n(-c3cnn(CC)c3)c3c(F)c(Cl)ccc23)c1F.CCn1cc(-n2c(C3CC3)cc3ccc(Cl)c(F)c32)cn1.CCn1cc(Br)cn1.Fc1c(Cl)ccc2cc(C3CC3)[nH]c12.Nc1c(C(=O)CCl)ccc(Cl)c1F.Nc1cccc(Cl)c1F.[Na+].[OH-]. The van der Waals surface area contributed by atoms with Crippen LogP contribution in [0.1, 0.15) is 139 Å². The first kappa shape index (κ1) is 91.9. The average molecular weight is 1800 g/mol. The Bertz CT molecular complexity index is 5560. The number of esters is 2. The van der Waals surface area contributed by atoms with Crippen LogP contribution in [0.4, 0.5) is 42.1 Å². The van der Waals surface area contributed by atoms with E-state index in [1.54, 1.807) is 79.6 Å². The van der Waals surface area contributed by atoms with Crippen LogP contribution < -0.4 is 41.0 Å². The largest absolute Gasteiger partial charge is 1.00 e. The molecule has 0 unspecified atom stereocenters. The minimum Gasteiger partial charge on any atom is -0.870 e. The van der Waals surface area contributed by atoms with E-state index in [4.69, 9.17) is 85.8 Å². The number of anilines is 2. The molecule has 3 fully saturated rings. The van der Waals surface area contributed by atoms with Gasteiger partial charge in [-0.1, -0.05) is 100 Å². The summed E-state index contributed by atoms with van der Waals surface area (Å²) in [6, 6.07) is 30.5. The molecule has 13 aromatic rings. The number of benzene rings is 7. The maximum atomic E-state index is 15.5. The summed E-state index contributed by atoms with van der Waals surface area (Å²) < 4.78 is 118. The second-order valence-electron chi connectivity index (χ2n) is 25.3. The number of fused-ring (bicyclic) bond motifs is 3. The van der Waals surface area contributed by atoms with Crippen LogP contribution in [0, 0.1) is 40.7 Å². The molecule has 0 radical (unpaired) electrons. The number of carbonyl (C=O) groups is 3. The maximum absolute atomic E-state index is 15.5. The van der Waals surface area contributed by atoms with E-state index in [-0.39, 0.29) is 135 Å². The number of nitrogens with two attached hydrogens (primary N) is 2. The summed E-state index contributed by atoms with van der Waals surface area (Å²) in [5, 5.41) is 15.4.